The van der Waals surface area contributed by atoms with Crippen LogP contribution in [-0.4, -0.2) is 31.8 Å². The first-order valence-electron chi connectivity index (χ1n) is 6.48. The van der Waals surface area contributed by atoms with Crippen LogP contribution in [-0.2, 0) is 19.7 Å². The van der Waals surface area contributed by atoms with E-state index in [0.29, 0.717) is 0 Å². The number of para-hydroxylation sites is 2. The number of rotatable bonds is 6. The molecule has 0 saturated carbocycles. The molecule has 0 atom stereocenters. The molecule has 2 aromatic rings. The molecule has 25 heavy (non-hydrogen) atoms. The molecule has 0 bridgehead atoms. The average molecular weight is 386 g/mol. The van der Waals surface area contributed by atoms with E-state index in [1.807, 2.05) is 0 Å². The van der Waals surface area contributed by atoms with Crippen molar-refractivity contribution in [3.05, 3.63) is 68.8 Å². The molecule has 0 radical (unpaired) electrons. The molecule has 0 spiro atoms. The second-order valence-electron chi connectivity index (χ2n) is 4.80. The Morgan fingerprint density at radius 2 is 1.00 bits per heavy atom. The Morgan fingerprint density at radius 3 is 1.32 bits per heavy atom. The van der Waals surface area contributed by atoms with Crippen molar-refractivity contribution in [3.63, 3.8) is 0 Å². The summed E-state index contributed by atoms with van der Waals surface area (Å²) in [6.45, 7) is 0. The normalized spacial score (nSPS) is 11.8. The first kappa shape index (κ1) is 18.5. The molecule has 0 aliphatic carbocycles. The van der Waals surface area contributed by atoms with Gasteiger partial charge in [-0.1, -0.05) is 24.3 Å². The van der Waals surface area contributed by atoms with E-state index < -0.39 is 55.8 Å². The smallest absolute Gasteiger partial charge is 0.258 e. The molecule has 0 aromatic heterocycles. The largest absolute Gasteiger partial charge is 0.288 e. The van der Waals surface area contributed by atoms with Gasteiger partial charge in [-0.05, 0) is 12.1 Å². The summed E-state index contributed by atoms with van der Waals surface area (Å²) < 4.78 is 49.5. The Morgan fingerprint density at radius 1 is 0.680 bits per heavy atom. The molecule has 2 rings (SSSR count). The van der Waals surface area contributed by atoms with Crippen molar-refractivity contribution in [2.45, 2.75) is 9.79 Å². The molecule has 132 valence electrons. The molecule has 0 aliphatic rings. The van der Waals surface area contributed by atoms with E-state index in [0.717, 1.165) is 24.3 Å². The van der Waals surface area contributed by atoms with Crippen LogP contribution >= 0.6 is 0 Å². The molecule has 0 amide bonds. The SMILES string of the molecule is O=[N+]([O-])c1ccccc1S(=O)(=O)CS(=O)(=O)c1ccccc1[N+](=O)[O-]. The highest BCUT2D eigenvalue weighted by Gasteiger charge is 2.34. The summed E-state index contributed by atoms with van der Waals surface area (Å²) in [6.07, 6.45) is 0. The highest BCUT2D eigenvalue weighted by molar-refractivity contribution is 8.08. The summed E-state index contributed by atoms with van der Waals surface area (Å²) in [7, 11) is -9.27. The van der Waals surface area contributed by atoms with Gasteiger partial charge < -0.3 is 0 Å². The highest BCUT2D eigenvalue weighted by Crippen LogP contribution is 2.29. The molecule has 0 unspecified atom stereocenters. The van der Waals surface area contributed by atoms with E-state index >= 15 is 0 Å². The number of hydrogen-bond acceptors (Lipinski definition) is 8. The van der Waals surface area contributed by atoms with Crippen molar-refractivity contribution >= 4 is 31.0 Å². The summed E-state index contributed by atoms with van der Waals surface area (Å²) in [5.74, 6) is 0. The molecule has 0 saturated heterocycles. The zero-order chi connectivity index (χ0) is 18.8. The van der Waals surface area contributed by atoms with Gasteiger partial charge in [-0.15, -0.1) is 0 Å². The maximum absolute atomic E-state index is 12.4. The minimum atomic E-state index is -4.64. The van der Waals surface area contributed by atoms with Crippen molar-refractivity contribution < 1.29 is 26.7 Å². The second-order valence-corrected chi connectivity index (χ2v) is 9.08. The first-order chi connectivity index (χ1) is 11.6. The molecule has 0 fully saturated rings. The van der Waals surface area contributed by atoms with Crippen LogP contribution < -0.4 is 0 Å². The van der Waals surface area contributed by atoms with Crippen LogP contribution in [0, 0.1) is 20.2 Å². The number of nitrogens with zero attached hydrogens (tertiary/aromatic N) is 2. The van der Waals surface area contributed by atoms with Gasteiger partial charge in [0.05, 0.1) is 9.85 Å². The summed E-state index contributed by atoms with van der Waals surface area (Å²) in [5.41, 5.74) is -1.56. The maximum atomic E-state index is 12.4. The lowest BCUT2D eigenvalue weighted by Crippen LogP contribution is -2.19. The Balaban J connectivity index is 2.56. The Kier molecular flexibility index (Phi) is 4.85. The van der Waals surface area contributed by atoms with Gasteiger partial charge in [-0.2, -0.15) is 0 Å². The van der Waals surface area contributed by atoms with E-state index in [-0.39, 0.29) is 0 Å². The summed E-state index contributed by atoms with van der Waals surface area (Å²) in [4.78, 5) is 18.4. The van der Waals surface area contributed by atoms with Gasteiger partial charge >= 0.3 is 0 Å². The van der Waals surface area contributed by atoms with Gasteiger partial charge in [-0.3, -0.25) is 20.2 Å². The molecule has 10 nitrogen and oxygen atoms in total. The minimum Gasteiger partial charge on any atom is -0.258 e. The maximum Gasteiger partial charge on any atom is 0.288 e. The zero-order valence-corrected chi connectivity index (χ0v) is 13.9. The molecular weight excluding hydrogens is 376 g/mol. The monoisotopic (exact) mass is 386 g/mol. The standard InChI is InChI=1S/C13H10N2O8S2/c16-14(17)10-5-1-3-7-12(10)24(20,21)9-25(22,23)13-8-4-2-6-11(13)15(18)19/h1-8H,9H2. The number of hydrogen-bond donors (Lipinski definition) is 0. The Hall–Kier alpha value is -2.86. The molecule has 2 aromatic carbocycles. The lowest BCUT2D eigenvalue weighted by atomic mass is 10.3. The second kappa shape index (κ2) is 6.57. The quantitative estimate of drug-likeness (QED) is 0.536. The van der Waals surface area contributed by atoms with Crippen molar-refractivity contribution in [1.82, 2.24) is 0 Å². The average Bonchev–Trinajstić information content (AvgIpc) is 2.54. The number of nitro groups is 2. The van der Waals surface area contributed by atoms with Crippen molar-refractivity contribution in [1.29, 1.82) is 0 Å². The first-order valence-corrected chi connectivity index (χ1v) is 9.79. The third-order valence-electron chi connectivity index (χ3n) is 3.10. The summed E-state index contributed by atoms with van der Waals surface area (Å²) in [6, 6.07) is 8.52. The van der Waals surface area contributed by atoms with Crippen molar-refractivity contribution in [3.8, 4) is 0 Å². The van der Waals surface area contributed by atoms with Gasteiger partial charge in [0, 0.05) is 12.1 Å². The van der Waals surface area contributed by atoms with Crippen LogP contribution in [0.15, 0.2) is 58.3 Å². The topological polar surface area (TPSA) is 155 Å². The number of sulfone groups is 2. The van der Waals surface area contributed by atoms with Gasteiger partial charge in [0.1, 0.15) is 9.79 Å². The molecule has 12 heteroatoms. The van der Waals surface area contributed by atoms with Crippen LogP contribution in [0.1, 0.15) is 0 Å². The van der Waals surface area contributed by atoms with E-state index in [9.17, 15) is 37.1 Å². The fourth-order valence-corrected chi connectivity index (χ4v) is 6.22. The van der Waals surface area contributed by atoms with Gasteiger partial charge in [0.2, 0.25) is 0 Å². The summed E-state index contributed by atoms with van der Waals surface area (Å²) >= 11 is 0. The van der Waals surface area contributed by atoms with E-state index in [4.69, 9.17) is 0 Å². The third-order valence-corrected chi connectivity index (χ3v) is 7.62. The Labute approximate surface area is 141 Å². The number of benzene rings is 2. The van der Waals surface area contributed by atoms with Crippen molar-refractivity contribution in [2.75, 3.05) is 5.08 Å². The molecule has 0 N–H and O–H groups in total. The molecule has 0 heterocycles. The zero-order valence-electron chi connectivity index (χ0n) is 12.3. The van der Waals surface area contributed by atoms with Crippen molar-refractivity contribution in [2.24, 2.45) is 0 Å². The van der Waals surface area contributed by atoms with Gasteiger partial charge in [0.25, 0.3) is 11.4 Å². The van der Waals surface area contributed by atoms with Gasteiger partial charge in [0.15, 0.2) is 24.8 Å². The predicted molar refractivity (Wildman–Crippen MR) is 85.4 cm³/mol. The number of nitro benzene ring substituents is 2. The highest BCUT2D eigenvalue weighted by atomic mass is 32.3. The Bertz CT molecular complexity index is 975. The van der Waals surface area contributed by atoms with Crippen LogP contribution in [0.3, 0.4) is 0 Å². The van der Waals surface area contributed by atoms with Gasteiger partial charge in [-0.25, -0.2) is 16.8 Å². The fourth-order valence-electron chi connectivity index (χ4n) is 2.07. The lowest BCUT2D eigenvalue weighted by molar-refractivity contribution is -0.388. The van der Waals surface area contributed by atoms with Crippen LogP contribution in [0.2, 0.25) is 0 Å². The minimum absolute atomic E-state index is 0.776. The van der Waals surface area contributed by atoms with Crippen LogP contribution in [0.4, 0.5) is 11.4 Å². The fraction of sp³-hybridized carbons (Fsp3) is 0.0769. The third kappa shape index (κ3) is 3.80. The lowest BCUT2D eigenvalue weighted by Gasteiger charge is -2.07. The van der Waals surface area contributed by atoms with E-state index in [1.54, 1.807) is 0 Å². The predicted octanol–water partition coefficient (Wildman–Crippen LogP) is 1.71. The molecular formula is C13H10N2O8S2. The van der Waals surface area contributed by atoms with E-state index in [2.05, 4.69) is 0 Å². The van der Waals surface area contributed by atoms with E-state index in [1.165, 1.54) is 24.3 Å². The van der Waals surface area contributed by atoms with Crippen LogP contribution in [0.5, 0.6) is 0 Å². The summed E-state index contributed by atoms with van der Waals surface area (Å²) in [5, 5.41) is 20.4. The van der Waals surface area contributed by atoms with Crippen LogP contribution in [0.25, 0.3) is 0 Å². The molecule has 0 aliphatic heterocycles.